The molecule has 1 heterocycles. The lowest BCUT2D eigenvalue weighted by Gasteiger charge is -2.37. The standard InChI is InChI=1S/C16H23NO2/c1-16(13-18,14-7-4-3-5-8-14)12-17-10-6-9-15(11-17)19-2/h3-5,7-8,13,15H,6,9-12H2,1-2H3. The summed E-state index contributed by atoms with van der Waals surface area (Å²) < 4.78 is 5.45. The van der Waals surface area contributed by atoms with Gasteiger partial charge in [0.05, 0.1) is 11.5 Å². The van der Waals surface area contributed by atoms with E-state index in [9.17, 15) is 4.79 Å². The zero-order valence-corrected chi connectivity index (χ0v) is 11.8. The van der Waals surface area contributed by atoms with Crippen molar-refractivity contribution in [1.29, 1.82) is 0 Å². The smallest absolute Gasteiger partial charge is 0.131 e. The number of ether oxygens (including phenoxy) is 1. The van der Waals surface area contributed by atoms with E-state index in [4.69, 9.17) is 4.74 Å². The van der Waals surface area contributed by atoms with Crippen molar-refractivity contribution in [3.8, 4) is 0 Å². The lowest BCUT2D eigenvalue weighted by atomic mass is 9.83. The molecule has 2 rings (SSSR count). The van der Waals surface area contributed by atoms with Gasteiger partial charge in [0.15, 0.2) is 0 Å². The monoisotopic (exact) mass is 261 g/mol. The third-order valence-electron chi connectivity index (χ3n) is 4.04. The Kier molecular flexibility index (Phi) is 4.72. The van der Waals surface area contributed by atoms with Crippen LogP contribution in [0.2, 0.25) is 0 Å². The molecule has 19 heavy (non-hydrogen) atoms. The Morgan fingerprint density at radius 3 is 2.79 bits per heavy atom. The maximum atomic E-state index is 11.6. The van der Waals surface area contributed by atoms with Gasteiger partial charge in [0.25, 0.3) is 0 Å². The van der Waals surface area contributed by atoms with Crippen LogP contribution in [0, 0.1) is 0 Å². The van der Waals surface area contributed by atoms with Crippen LogP contribution in [-0.4, -0.2) is 44.0 Å². The van der Waals surface area contributed by atoms with Crippen LogP contribution in [-0.2, 0) is 14.9 Å². The zero-order chi connectivity index (χ0) is 13.7. The van der Waals surface area contributed by atoms with Crippen molar-refractivity contribution < 1.29 is 9.53 Å². The molecule has 0 amide bonds. The summed E-state index contributed by atoms with van der Waals surface area (Å²) in [5.41, 5.74) is 0.654. The molecule has 2 unspecified atom stereocenters. The highest BCUT2D eigenvalue weighted by Crippen LogP contribution is 2.24. The quantitative estimate of drug-likeness (QED) is 0.761. The Labute approximate surface area is 115 Å². The van der Waals surface area contributed by atoms with E-state index >= 15 is 0 Å². The highest BCUT2D eigenvalue weighted by molar-refractivity contribution is 5.68. The fraction of sp³-hybridized carbons (Fsp3) is 0.562. The second-order valence-corrected chi connectivity index (χ2v) is 5.64. The molecule has 1 aliphatic rings. The van der Waals surface area contributed by atoms with E-state index in [1.54, 1.807) is 7.11 Å². The van der Waals surface area contributed by atoms with Crippen molar-refractivity contribution in [1.82, 2.24) is 4.90 Å². The number of hydrogen-bond acceptors (Lipinski definition) is 3. The summed E-state index contributed by atoms with van der Waals surface area (Å²) in [5.74, 6) is 0. The Balaban J connectivity index is 2.08. The first kappa shape index (κ1) is 14.2. The van der Waals surface area contributed by atoms with Gasteiger partial charge in [-0.3, -0.25) is 4.90 Å². The molecule has 104 valence electrons. The highest BCUT2D eigenvalue weighted by atomic mass is 16.5. The van der Waals surface area contributed by atoms with Gasteiger partial charge >= 0.3 is 0 Å². The fourth-order valence-corrected chi connectivity index (χ4v) is 2.83. The van der Waals surface area contributed by atoms with Gasteiger partial charge in [-0.05, 0) is 31.9 Å². The summed E-state index contributed by atoms with van der Waals surface area (Å²) in [6, 6.07) is 10.0. The van der Waals surface area contributed by atoms with Gasteiger partial charge < -0.3 is 9.53 Å². The average Bonchev–Trinajstić information content (AvgIpc) is 2.48. The Morgan fingerprint density at radius 1 is 1.42 bits per heavy atom. The molecule has 1 aromatic rings. The van der Waals surface area contributed by atoms with E-state index in [-0.39, 0.29) is 0 Å². The third kappa shape index (κ3) is 3.43. The number of methoxy groups -OCH3 is 1. The normalized spacial score (nSPS) is 23.8. The van der Waals surface area contributed by atoms with Gasteiger partial charge in [0.2, 0.25) is 0 Å². The first-order valence-electron chi connectivity index (χ1n) is 6.95. The van der Waals surface area contributed by atoms with E-state index in [1.165, 1.54) is 0 Å². The summed E-state index contributed by atoms with van der Waals surface area (Å²) in [6.07, 6.45) is 3.65. The number of hydrogen-bond donors (Lipinski definition) is 0. The van der Waals surface area contributed by atoms with Crippen LogP contribution in [0.1, 0.15) is 25.3 Å². The van der Waals surface area contributed by atoms with Crippen LogP contribution < -0.4 is 0 Å². The molecule has 0 aliphatic carbocycles. The van der Waals surface area contributed by atoms with Crippen LogP contribution in [0.15, 0.2) is 30.3 Å². The Morgan fingerprint density at radius 2 is 2.16 bits per heavy atom. The molecule has 1 saturated heterocycles. The number of piperidine rings is 1. The van der Waals surface area contributed by atoms with Crippen molar-refractivity contribution >= 4 is 6.29 Å². The van der Waals surface area contributed by atoms with Gasteiger partial charge in [-0.25, -0.2) is 0 Å². The van der Waals surface area contributed by atoms with E-state index in [1.807, 2.05) is 37.3 Å². The average molecular weight is 261 g/mol. The predicted molar refractivity (Wildman–Crippen MR) is 76.3 cm³/mol. The molecular weight excluding hydrogens is 238 g/mol. The van der Waals surface area contributed by atoms with Gasteiger partial charge in [0, 0.05) is 20.2 Å². The first-order chi connectivity index (χ1) is 9.18. The van der Waals surface area contributed by atoms with Crippen molar-refractivity contribution in [2.45, 2.75) is 31.3 Å². The summed E-state index contributed by atoms with van der Waals surface area (Å²) in [5, 5.41) is 0. The first-order valence-corrected chi connectivity index (χ1v) is 6.95. The third-order valence-corrected chi connectivity index (χ3v) is 4.04. The SMILES string of the molecule is COC1CCCN(CC(C)(C=O)c2ccccc2)C1. The molecule has 2 atom stereocenters. The summed E-state index contributed by atoms with van der Waals surface area (Å²) in [7, 11) is 1.77. The molecule has 3 nitrogen and oxygen atoms in total. The van der Waals surface area contributed by atoms with Gasteiger partial charge in [0.1, 0.15) is 6.29 Å². The largest absolute Gasteiger partial charge is 0.380 e. The van der Waals surface area contributed by atoms with Gasteiger partial charge in [-0.15, -0.1) is 0 Å². The minimum atomic E-state index is -0.434. The zero-order valence-electron chi connectivity index (χ0n) is 11.8. The lowest BCUT2D eigenvalue weighted by molar-refractivity contribution is -0.113. The van der Waals surface area contributed by atoms with Crippen LogP contribution in [0.25, 0.3) is 0 Å². The van der Waals surface area contributed by atoms with Crippen LogP contribution in [0.4, 0.5) is 0 Å². The molecular formula is C16H23NO2. The summed E-state index contributed by atoms with van der Waals surface area (Å²) in [4.78, 5) is 13.9. The Hall–Kier alpha value is -1.19. The molecule has 1 aliphatic heterocycles. The molecule has 0 spiro atoms. The maximum absolute atomic E-state index is 11.6. The number of likely N-dealkylation sites (tertiary alicyclic amines) is 1. The minimum absolute atomic E-state index is 0.306. The molecule has 0 aromatic heterocycles. The molecule has 1 fully saturated rings. The number of rotatable bonds is 5. The van der Waals surface area contributed by atoms with Crippen molar-refractivity contribution in [2.75, 3.05) is 26.7 Å². The molecule has 0 N–H and O–H groups in total. The number of aldehydes is 1. The second kappa shape index (κ2) is 6.31. The van der Waals surface area contributed by atoms with Gasteiger partial charge in [-0.1, -0.05) is 30.3 Å². The molecule has 1 aromatic carbocycles. The summed E-state index contributed by atoms with van der Waals surface area (Å²) in [6.45, 7) is 4.76. The molecule has 0 bridgehead atoms. The highest BCUT2D eigenvalue weighted by Gasteiger charge is 2.31. The molecule has 0 radical (unpaired) electrons. The van der Waals surface area contributed by atoms with Crippen LogP contribution in [0.5, 0.6) is 0 Å². The van der Waals surface area contributed by atoms with Crippen molar-refractivity contribution in [2.24, 2.45) is 0 Å². The Bertz CT molecular complexity index is 406. The number of benzene rings is 1. The van der Waals surface area contributed by atoms with E-state index in [0.717, 1.165) is 44.3 Å². The number of carbonyl (C=O) groups is 1. The predicted octanol–water partition coefficient (Wildman–Crippen LogP) is 2.25. The number of nitrogens with zero attached hydrogens (tertiary/aromatic N) is 1. The summed E-state index contributed by atoms with van der Waals surface area (Å²) >= 11 is 0. The topological polar surface area (TPSA) is 29.5 Å². The van der Waals surface area contributed by atoms with E-state index in [0.29, 0.717) is 6.10 Å². The second-order valence-electron chi connectivity index (χ2n) is 5.64. The number of carbonyl (C=O) groups excluding carboxylic acids is 1. The maximum Gasteiger partial charge on any atom is 0.131 e. The van der Waals surface area contributed by atoms with Crippen LogP contribution >= 0.6 is 0 Å². The fourth-order valence-electron chi connectivity index (χ4n) is 2.83. The minimum Gasteiger partial charge on any atom is -0.380 e. The molecule has 0 saturated carbocycles. The van der Waals surface area contributed by atoms with Crippen LogP contribution in [0.3, 0.4) is 0 Å². The van der Waals surface area contributed by atoms with E-state index < -0.39 is 5.41 Å². The lowest BCUT2D eigenvalue weighted by Crippen LogP contribution is -2.46. The van der Waals surface area contributed by atoms with Crippen molar-refractivity contribution in [3.05, 3.63) is 35.9 Å². The molecule has 3 heteroatoms. The van der Waals surface area contributed by atoms with E-state index in [2.05, 4.69) is 4.90 Å². The van der Waals surface area contributed by atoms with Crippen molar-refractivity contribution in [3.63, 3.8) is 0 Å². The van der Waals surface area contributed by atoms with Gasteiger partial charge in [-0.2, -0.15) is 0 Å².